The van der Waals surface area contributed by atoms with Crippen molar-refractivity contribution < 1.29 is 4.74 Å². The zero-order valence-corrected chi connectivity index (χ0v) is 20.7. The van der Waals surface area contributed by atoms with Crippen LogP contribution < -0.4 is 10.1 Å². The molecule has 3 aromatic carbocycles. The predicted octanol–water partition coefficient (Wildman–Crippen LogP) is 7.84. The van der Waals surface area contributed by atoms with Gasteiger partial charge in [0.2, 0.25) is 0 Å². The second kappa shape index (κ2) is 9.61. The first-order chi connectivity index (χ1) is 18.2. The van der Waals surface area contributed by atoms with Crippen LogP contribution in [0.4, 0.5) is 11.4 Å². The Kier molecular flexibility index (Phi) is 5.85. The van der Waals surface area contributed by atoms with Gasteiger partial charge in [-0.1, -0.05) is 48.5 Å². The summed E-state index contributed by atoms with van der Waals surface area (Å²) in [6.45, 7) is 2.04. The Morgan fingerprint density at radius 1 is 0.919 bits per heavy atom. The zero-order chi connectivity index (χ0) is 25.2. The Morgan fingerprint density at radius 2 is 1.62 bits per heavy atom. The molecule has 6 aromatic rings. The molecular weight excluding hydrogens is 478 g/mol. The second-order valence-electron chi connectivity index (χ2n) is 8.47. The monoisotopic (exact) mass is 499 g/mol. The van der Waals surface area contributed by atoms with Crippen molar-refractivity contribution in [1.82, 2.24) is 14.6 Å². The van der Waals surface area contributed by atoms with Crippen molar-refractivity contribution >= 4 is 28.2 Å². The molecule has 0 saturated carbocycles. The number of hydrogen-bond acceptors (Lipinski definition) is 6. The fraction of sp³-hybridized carbons (Fsp3) is 0.0333. The number of benzene rings is 3. The van der Waals surface area contributed by atoms with E-state index in [1.54, 1.807) is 17.5 Å². The van der Waals surface area contributed by atoms with E-state index < -0.39 is 0 Å². The number of fused-ring (bicyclic) bond motifs is 1. The Bertz CT molecular complexity index is 1730. The molecule has 0 aliphatic heterocycles. The molecule has 0 unspecified atom stereocenters. The fourth-order valence-corrected chi connectivity index (χ4v) is 5.13. The van der Waals surface area contributed by atoms with Crippen LogP contribution in [0.2, 0.25) is 0 Å². The van der Waals surface area contributed by atoms with Gasteiger partial charge in [-0.2, -0.15) is 10.4 Å². The number of anilines is 2. The lowest BCUT2D eigenvalue weighted by atomic mass is 10.1. The van der Waals surface area contributed by atoms with Gasteiger partial charge in [-0.25, -0.2) is 9.50 Å². The number of para-hydroxylation sites is 1. The van der Waals surface area contributed by atoms with Crippen LogP contribution in [0.25, 0.3) is 27.3 Å². The van der Waals surface area contributed by atoms with Crippen molar-refractivity contribution in [2.75, 3.05) is 5.32 Å². The van der Waals surface area contributed by atoms with Crippen LogP contribution >= 0.6 is 11.3 Å². The van der Waals surface area contributed by atoms with E-state index in [2.05, 4.69) is 34.0 Å². The smallest absolute Gasteiger partial charge is 0.127 e. The highest BCUT2D eigenvalue weighted by atomic mass is 32.1. The maximum Gasteiger partial charge on any atom is 0.127 e. The molecule has 6 rings (SSSR count). The molecule has 7 heteroatoms. The predicted molar refractivity (Wildman–Crippen MR) is 147 cm³/mol. The number of hydrogen-bond donors (Lipinski definition) is 1. The SMILES string of the molecule is Cc1c(-c2nc(-c3ccccc3)cs2)cn2ncc(C#N)c(Nc3ccc(Oc4ccccc4)cc3)c12. The molecule has 0 radical (unpaired) electrons. The van der Waals surface area contributed by atoms with Crippen LogP contribution in [0.15, 0.2) is 103 Å². The van der Waals surface area contributed by atoms with Gasteiger partial charge in [-0.05, 0) is 48.9 Å². The van der Waals surface area contributed by atoms with Crippen LogP contribution in [0.5, 0.6) is 11.5 Å². The molecule has 0 bridgehead atoms. The van der Waals surface area contributed by atoms with Gasteiger partial charge in [0.05, 0.1) is 28.7 Å². The molecule has 37 heavy (non-hydrogen) atoms. The van der Waals surface area contributed by atoms with E-state index >= 15 is 0 Å². The highest BCUT2D eigenvalue weighted by molar-refractivity contribution is 7.13. The third kappa shape index (κ3) is 4.42. The third-order valence-electron chi connectivity index (χ3n) is 6.08. The molecule has 1 N–H and O–H groups in total. The second-order valence-corrected chi connectivity index (χ2v) is 9.33. The molecule has 3 aromatic heterocycles. The quantitative estimate of drug-likeness (QED) is 0.253. The van der Waals surface area contributed by atoms with Gasteiger partial charge >= 0.3 is 0 Å². The fourth-order valence-electron chi connectivity index (χ4n) is 4.23. The Hall–Kier alpha value is -4.93. The van der Waals surface area contributed by atoms with Crippen LogP contribution in [-0.2, 0) is 0 Å². The summed E-state index contributed by atoms with van der Waals surface area (Å²) < 4.78 is 7.71. The number of aromatic nitrogens is 3. The van der Waals surface area contributed by atoms with Crippen molar-refractivity contribution in [3.8, 4) is 39.4 Å². The summed E-state index contributed by atoms with van der Waals surface area (Å²) in [6.07, 6.45) is 3.56. The normalized spacial score (nSPS) is 10.8. The van der Waals surface area contributed by atoms with Gasteiger partial charge in [0.1, 0.15) is 22.6 Å². The number of nitrogens with one attached hydrogen (secondary N) is 1. The van der Waals surface area contributed by atoms with Crippen molar-refractivity contribution in [1.29, 1.82) is 5.26 Å². The lowest BCUT2D eigenvalue weighted by Gasteiger charge is -2.12. The van der Waals surface area contributed by atoms with E-state index in [0.29, 0.717) is 11.3 Å². The highest BCUT2D eigenvalue weighted by Gasteiger charge is 2.19. The lowest BCUT2D eigenvalue weighted by molar-refractivity contribution is 0.483. The van der Waals surface area contributed by atoms with E-state index in [9.17, 15) is 5.26 Å². The molecule has 3 heterocycles. The minimum Gasteiger partial charge on any atom is -0.457 e. The Morgan fingerprint density at radius 3 is 2.35 bits per heavy atom. The molecular formula is C30H21N5OS. The first-order valence-electron chi connectivity index (χ1n) is 11.7. The lowest BCUT2D eigenvalue weighted by Crippen LogP contribution is -2.00. The van der Waals surface area contributed by atoms with Gasteiger partial charge in [-0.15, -0.1) is 11.3 Å². The summed E-state index contributed by atoms with van der Waals surface area (Å²) >= 11 is 1.60. The first-order valence-corrected chi connectivity index (χ1v) is 12.6. The molecule has 0 fully saturated rings. The topological polar surface area (TPSA) is 75.2 Å². The molecule has 6 nitrogen and oxygen atoms in total. The van der Waals surface area contributed by atoms with Gasteiger partial charge < -0.3 is 10.1 Å². The average molecular weight is 500 g/mol. The third-order valence-corrected chi connectivity index (χ3v) is 6.96. The van der Waals surface area contributed by atoms with Crippen LogP contribution in [0, 0.1) is 18.3 Å². The molecule has 0 atom stereocenters. The number of ether oxygens (including phenoxy) is 1. The van der Waals surface area contributed by atoms with Crippen molar-refractivity contribution in [2.45, 2.75) is 6.92 Å². The zero-order valence-electron chi connectivity index (χ0n) is 19.9. The van der Waals surface area contributed by atoms with Gasteiger partial charge in [0.25, 0.3) is 0 Å². The van der Waals surface area contributed by atoms with Crippen molar-refractivity contribution in [3.05, 3.63) is 114 Å². The maximum atomic E-state index is 9.84. The molecule has 0 aliphatic rings. The van der Waals surface area contributed by atoms with Gasteiger partial charge in [-0.3, -0.25) is 0 Å². The Labute approximate surface area is 218 Å². The van der Waals surface area contributed by atoms with E-state index in [1.165, 1.54) is 0 Å². The minimum atomic E-state index is 0.467. The number of aryl methyl sites for hydroxylation is 1. The van der Waals surface area contributed by atoms with Crippen LogP contribution in [-0.4, -0.2) is 14.6 Å². The molecule has 0 amide bonds. The summed E-state index contributed by atoms with van der Waals surface area (Å²) in [5, 5.41) is 20.8. The van der Waals surface area contributed by atoms with Crippen molar-refractivity contribution in [3.63, 3.8) is 0 Å². The van der Waals surface area contributed by atoms with E-state index in [4.69, 9.17) is 9.72 Å². The summed E-state index contributed by atoms with van der Waals surface area (Å²) in [5.74, 6) is 1.51. The molecule has 0 aliphatic carbocycles. The number of rotatable bonds is 6. The van der Waals surface area contributed by atoms with Crippen LogP contribution in [0.1, 0.15) is 11.1 Å². The summed E-state index contributed by atoms with van der Waals surface area (Å²) in [4.78, 5) is 4.89. The van der Waals surface area contributed by atoms with E-state index in [1.807, 2.05) is 90.4 Å². The highest BCUT2D eigenvalue weighted by Crippen LogP contribution is 2.37. The van der Waals surface area contributed by atoms with E-state index in [0.717, 1.165) is 50.1 Å². The van der Waals surface area contributed by atoms with Crippen molar-refractivity contribution in [2.24, 2.45) is 0 Å². The first kappa shape index (κ1) is 22.5. The number of nitrogens with zero attached hydrogens (tertiary/aromatic N) is 4. The summed E-state index contributed by atoms with van der Waals surface area (Å²) in [5.41, 5.74) is 6.87. The Balaban J connectivity index is 1.34. The van der Waals surface area contributed by atoms with E-state index in [-0.39, 0.29) is 0 Å². The summed E-state index contributed by atoms with van der Waals surface area (Å²) in [6, 6.07) is 29.7. The minimum absolute atomic E-state index is 0.467. The molecule has 178 valence electrons. The summed E-state index contributed by atoms with van der Waals surface area (Å²) in [7, 11) is 0. The molecule has 0 spiro atoms. The molecule has 0 saturated heterocycles. The average Bonchev–Trinajstić information content (AvgIpc) is 3.56. The largest absolute Gasteiger partial charge is 0.457 e. The van der Waals surface area contributed by atoms with Gasteiger partial charge in [0, 0.05) is 28.4 Å². The number of thiazole rings is 1. The maximum absolute atomic E-state index is 9.84. The van der Waals surface area contributed by atoms with Gasteiger partial charge in [0.15, 0.2) is 0 Å². The standard InChI is InChI=1S/C30H21N5OS/c1-20-26(30-34-27(19-37-30)21-8-4-2-5-9-21)18-35-29(20)28(22(16-31)17-32-35)33-23-12-14-25(15-13-23)36-24-10-6-3-7-11-24/h2-15,17-19,33H,1H3. The van der Waals surface area contributed by atoms with Crippen LogP contribution in [0.3, 0.4) is 0 Å². The number of nitriles is 1.